The van der Waals surface area contributed by atoms with Crippen molar-refractivity contribution >= 4 is 10.0 Å². The Morgan fingerprint density at radius 2 is 2.19 bits per heavy atom. The summed E-state index contributed by atoms with van der Waals surface area (Å²) in [6, 6.07) is 4.00. The number of aryl methyl sites for hydroxylation is 1. The van der Waals surface area contributed by atoms with Crippen molar-refractivity contribution in [1.29, 1.82) is 0 Å². The van der Waals surface area contributed by atoms with Gasteiger partial charge < -0.3 is 4.52 Å². The molecule has 1 aliphatic heterocycles. The normalized spacial score (nSPS) is 21.5. The van der Waals surface area contributed by atoms with Crippen molar-refractivity contribution in [3.05, 3.63) is 35.5 Å². The minimum atomic E-state index is -3.11. The van der Waals surface area contributed by atoms with Crippen LogP contribution in [0.1, 0.15) is 36.4 Å². The second kappa shape index (κ2) is 7.13. The van der Waals surface area contributed by atoms with Crippen LogP contribution in [-0.2, 0) is 29.7 Å². The molecular weight excluding hydrogens is 354 g/mol. The molecule has 2 aromatic heterocycles. The molecule has 0 radical (unpaired) electrons. The Balaban J connectivity index is 1.40. The lowest BCUT2D eigenvalue weighted by Crippen LogP contribution is -2.32. The van der Waals surface area contributed by atoms with Gasteiger partial charge in [0.15, 0.2) is 0 Å². The maximum absolute atomic E-state index is 12.0. The lowest BCUT2D eigenvalue weighted by Gasteiger charge is -2.23. The lowest BCUT2D eigenvalue weighted by molar-refractivity contribution is 0.209. The maximum atomic E-state index is 12.0. The Morgan fingerprint density at radius 1 is 1.35 bits per heavy atom. The highest BCUT2D eigenvalue weighted by Gasteiger charge is 2.35. The van der Waals surface area contributed by atoms with E-state index < -0.39 is 10.0 Å². The first kappa shape index (κ1) is 17.7. The van der Waals surface area contributed by atoms with Crippen LogP contribution in [0.4, 0.5) is 0 Å². The third-order valence-corrected chi connectivity index (χ3v) is 6.97. The summed E-state index contributed by atoms with van der Waals surface area (Å²) >= 11 is 0. The minimum Gasteiger partial charge on any atom is -0.361 e. The van der Waals surface area contributed by atoms with Crippen molar-refractivity contribution in [2.45, 2.75) is 51.1 Å². The van der Waals surface area contributed by atoms with E-state index in [4.69, 9.17) is 4.52 Å². The third kappa shape index (κ3) is 4.16. The second-order valence-corrected chi connectivity index (χ2v) is 9.44. The van der Waals surface area contributed by atoms with Gasteiger partial charge in [-0.05, 0) is 38.2 Å². The molecule has 0 amide bonds. The van der Waals surface area contributed by atoms with Crippen molar-refractivity contribution in [1.82, 2.24) is 24.6 Å². The summed E-state index contributed by atoms with van der Waals surface area (Å²) in [7, 11) is -3.11. The molecule has 9 heteroatoms. The molecular formula is C17H25N5O3S. The molecule has 0 aromatic carbocycles. The van der Waals surface area contributed by atoms with Gasteiger partial charge in [-0.15, -0.1) is 0 Å². The number of aromatic nitrogens is 3. The second-order valence-electron chi connectivity index (χ2n) is 7.40. The molecule has 1 fully saturated rings. The molecule has 0 bridgehead atoms. The lowest BCUT2D eigenvalue weighted by atomic mass is 10.1. The van der Waals surface area contributed by atoms with Gasteiger partial charge in [-0.25, -0.2) is 13.1 Å². The number of hydrogen-bond donors (Lipinski definition) is 1. The molecule has 1 atom stereocenters. The van der Waals surface area contributed by atoms with Gasteiger partial charge in [-0.2, -0.15) is 5.10 Å². The molecule has 2 aliphatic rings. The summed E-state index contributed by atoms with van der Waals surface area (Å²) in [5.41, 5.74) is 2.09. The molecule has 8 nitrogen and oxygen atoms in total. The fourth-order valence-corrected chi connectivity index (χ4v) is 4.94. The van der Waals surface area contributed by atoms with Crippen LogP contribution in [0, 0.1) is 12.8 Å². The largest absolute Gasteiger partial charge is 0.361 e. The highest BCUT2D eigenvalue weighted by molar-refractivity contribution is 7.90. The van der Waals surface area contributed by atoms with Gasteiger partial charge in [-0.3, -0.25) is 9.58 Å². The molecule has 0 spiro atoms. The first-order chi connectivity index (χ1) is 12.5. The number of nitrogens with zero attached hydrogens (tertiary/aromatic N) is 4. The first-order valence-corrected chi connectivity index (χ1v) is 10.7. The van der Waals surface area contributed by atoms with Gasteiger partial charge in [0.25, 0.3) is 0 Å². The van der Waals surface area contributed by atoms with E-state index in [0.717, 1.165) is 50.4 Å². The minimum absolute atomic E-state index is 0.166. The highest BCUT2D eigenvalue weighted by Crippen LogP contribution is 2.27. The van der Waals surface area contributed by atoms with Crippen LogP contribution in [-0.4, -0.2) is 46.6 Å². The zero-order valence-electron chi connectivity index (χ0n) is 15.0. The average Bonchev–Trinajstić information content (AvgIpc) is 3.29. The summed E-state index contributed by atoms with van der Waals surface area (Å²) < 4.78 is 34.0. The van der Waals surface area contributed by atoms with Crippen LogP contribution in [0.2, 0.25) is 0 Å². The zero-order valence-corrected chi connectivity index (χ0v) is 15.8. The van der Waals surface area contributed by atoms with E-state index in [1.54, 1.807) is 0 Å². The van der Waals surface area contributed by atoms with Gasteiger partial charge in [0.05, 0.1) is 16.6 Å². The average molecular weight is 379 g/mol. The van der Waals surface area contributed by atoms with Gasteiger partial charge in [-0.1, -0.05) is 5.16 Å². The Morgan fingerprint density at radius 3 is 2.92 bits per heavy atom. The van der Waals surface area contributed by atoms with Crippen molar-refractivity contribution < 1.29 is 12.9 Å². The van der Waals surface area contributed by atoms with E-state index in [-0.39, 0.29) is 5.25 Å². The molecule has 1 saturated carbocycles. The van der Waals surface area contributed by atoms with Gasteiger partial charge in [0.1, 0.15) is 5.76 Å². The van der Waals surface area contributed by atoms with Crippen LogP contribution in [0.3, 0.4) is 0 Å². The Labute approximate surface area is 153 Å². The van der Waals surface area contributed by atoms with Crippen molar-refractivity contribution in [3.8, 4) is 0 Å². The maximum Gasteiger partial charge on any atom is 0.214 e. The predicted octanol–water partition coefficient (Wildman–Crippen LogP) is 1.28. The van der Waals surface area contributed by atoms with Gasteiger partial charge in [0, 0.05) is 45.0 Å². The monoisotopic (exact) mass is 379 g/mol. The molecule has 0 unspecified atom stereocenters. The molecule has 0 saturated heterocycles. The van der Waals surface area contributed by atoms with E-state index in [0.29, 0.717) is 19.0 Å². The fraction of sp³-hybridized carbons (Fsp3) is 0.647. The number of hydrogen-bond acceptors (Lipinski definition) is 6. The smallest absolute Gasteiger partial charge is 0.214 e. The van der Waals surface area contributed by atoms with Gasteiger partial charge in [0.2, 0.25) is 10.0 Å². The van der Waals surface area contributed by atoms with Crippen LogP contribution in [0.25, 0.3) is 0 Å². The quantitative estimate of drug-likeness (QED) is 0.779. The standard InChI is InChI=1S/C17H25N5O3S/c1-13-8-15(20-25-13)11-21-9-14(10-22-16(12-21)5-6-18-22)4-7-19-26(23,24)17-2-3-17/h5-6,8,14,17,19H,2-4,7,9-12H2,1H3/t14-/m0/s1. The molecule has 3 heterocycles. The van der Waals surface area contributed by atoms with Crippen molar-refractivity contribution in [3.63, 3.8) is 0 Å². The Bertz CT molecular complexity index is 855. The van der Waals surface area contributed by atoms with E-state index in [9.17, 15) is 8.42 Å². The SMILES string of the molecule is Cc1cc(CN2Cc3ccnn3C[C@@H](CCNS(=O)(=O)C3CC3)C2)no1. The molecule has 1 aliphatic carbocycles. The Hall–Kier alpha value is -1.71. The number of rotatable bonds is 7. The number of sulfonamides is 1. The van der Waals surface area contributed by atoms with E-state index >= 15 is 0 Å². The number of fused-ring (bicyclic) bond motifs is 1. The van der Waals surface area contributed by atoms with Crippen molar-refractivity contribution in [2.75, 3.05) is 13.1 Å². The van der Waals surface area contributed by atoms with Crippen LogP contribution in [0.15, 0.2) is 22.9 Å². The predicted molar refractivity (Wildman–Crippen MR) is 95.6 cm³/mol. The number of nitrogens with one attached hydrogen (secondary N) is 1. The van der Waals surface area contributed by atoms with Crippen LogP contribution in [0.5, 0.6) is 0 Å². The molecule has 142 valence electrons. The summed E-state index contributed by atoms with van der Waals surface area (Å²) in [4.78, 5) is 2.33. The van der Waals surface area contributed by atoms with E-state index in [1.165, 1.54) is 5.69 Å². The molecule has 26 heavy (non-hydrogen) atoms. The van der Waals surface area contributed by atoms with Crippen LogP contribution < -0.4 is 4.72 Å². The van der Waals surface area contributed by atoms with Crippen LogP contribution >= 0.6 is 0 Å². The van der Waals surface area contributed by atoms with E-state index in [1.807, 2.05) is 29.9 Å². The molecule has 1 N–H and O–H groups in total. The summed E-state index contributed by atoms with van der Waals surface area (Å²) in [5.74, 6) is 1.14. The zero-order chi connectivity index (χ0) is 18.1. The van der Waals surface area contributed by atoms with Gasteiger partial charge >= 0.3 is 0 Å². The summed E-state index contributed by atoms with van der Waals surface area (Å²) in [5, 5.41) is 8.36. The molecule has 4 rings (SSSR count). The van der Waals surface area contributed by atoms with E-state index in [2.05, 4.69) is 19.9 Å². The Kier molecular flexibility index (Phi) is 4.85. The summed E-state index contributed by atoms with van der Waals surface area (Å²) in [6.07, 6.45) is 4.20. The van der Waals surface area contributed by atoms with Crippen molar-refractivity contribution in [2.24, 2.45) is 5.92 Å². The third-order valence-electron chi connectivity index (χ3n) is 5.02. The topological polar surface area (TPSA) is 93.3 Å². The summed E-state index contributed by atoms with van der Waals surface area (Å²) in [6.45, 7) is 5.57. The highest BCUT2D eigenvalue weighted by atomic mass is 32.2. The molecule has 2 aromatic rings. The fourth-order valence-electron chi connectivity index (χ4n) is 3.55. The first-order valence-electron chi connectivity index (χ1n) is 9.13.